The average Bonchev–Trinajstić information content (AvgIpc) is 2.25. The Morgan fingerprint density at radius 3 is 2.38 bits per heavy atom. The maximum atomic E-state index is 3.44. The number of rotatable bonds is 7. The van der Waals surface area contributed by atoms with Crippen LogP contribution in [0.1, 0.15) is 19.4 Å². The van der Waals surface area contributed by atoms with Crippen molar-refractivity contribution in [3.8, 4) is 0 Å². The second-order valence-electron chi connectivity index (χ2n) is 4.24. The van der Waals surface area contributed by atoms with Crippen molar-refractivity contribution in [2.75, 3.05) is 19.6 Å². The van der Waals surface area contributed by atoms with Crippen LogP contribution < -0.4 is 10.6 Å². The number of nitrogens with one attached hydrogen (secondary N) is 2. The molecule has 0 aliphatic rings. The van der Waals surface area contributed by atoms with Crippen LogP contribution >= 0.6 is 15.9 Å². The Morgan fingerprint density at radius 2 is 1.75 bits per heavy atom. The van der Waals surface area contributed by atoms with E-state index in [-0.39, 0.29) is 0 Å². The van der Waals surface area contributed by atoms with Crippen molar-refractivity contribution in [3.63, 3.8) is 0 Å². The lowest BCUT2D eigenvalue weighted by Crippen LogP contribution is -2.32. The number of benzene rings is 1. The fraction of sp³-hybridized carbons (Fsp3) is 0.538. The van der Waals surface area contributed by atoms with E-state index in [0.717, 1.165) is 30.5 Å². The van der Waals surface area contributed by atoms with E-state index in [4.69, 9.17) is 0 Å². The highest BCUT2D eigenvalue weighted by Gasteiger charge is 1.94. The van der Waals surface area contributed by atoms with Gasteiger partial charge >= 0.3 is 0 Å². The van der Waals surface area contributed by atoms with E-state index in [0.29, 0.717) is 6.04 Å². The van der Waals surface area contributed by atoms with Gasteiger partial charge < -0.3 is 10.6 Å². The zero-order chi connectivity index (χ0) is 11.8. The van der Waals surface area contributed by atoms with Crippen LogP contribution in [0.25, 0.3) is 0 Å². The lowest BCUT2D eigenvalue weighted by Gasteiger charge is -2.09. The first kappa shape index (κ1) is 13.7. The molecule has 0 atom stereocenters. The predicted molar refractivity (Wildman–Crippen MR) is 73.9 cm³/mol. The average molecular weight is 285 g/mol. The topological polar surface area (TPSA) is 24.1 Å². The second kappa shape index (κ2) is 7.82. The summed E-state index contributed by atoms with van der Waals surface area (Å²) in [5, 5.41) is 6.81. The quantitative estimate of drug-likeness (QED) is 0.752. The van der Waals surface area contributed by atoms with Gasteiger partial charge in [-0.3, -0.25) is 0 Å². The van der Waals surface area contributed by atoms with Crippen LogP contribution in [0, 0.1) is 0 Å². The van der Waals surface area contributed by atoms with Crippen molar-refractivity contribution in [2.45, 2.75) is 26.3 Å². The molecule has 0 radical (unpaired) electrons. The van der Waals surface area contributed by atoms with E-state index < -0.39 is 0 Å². The first-order chi connectivity index (χ1) is 7.68. The molecular formula is C13H21BrN2. The molecule has 0 aromatic heterocycles. The highest BCUT2D eigenvalue weighted by Crippen LogP contribution is 2.10. The van der Waals surface area contributed by atoms with E-state index in [1.54, 1.807) is 0 Å². The molecule has 3 heteroatoms. The van der Waals surface area contributed by atoms with Gasteiger partial charge in [-0.2, -0.15) is 0 Å². The zero-order valence-corrected chi connectivity index (χ0v) is 11.7. The first-order valence-corrected chi connectivity index (χ1v) is 6.66. The van der Waals surface area contributed by atoms with E-state index in [1.165, 1.54) is 5.56 Å². The molecule has 0 saturated carbocycles. The summed E-state index contributed by atoms with van der Waals surface area (Å²) in [6, 6.07) is 9.09. The van der Waals surface area contributed by atoms with Gasteiger partial charge in [0, 0.05) is 23.6 Å². The Balaban J connectivity index is 2.05. The SMILES string of the molecule is CC(C)NCCNCCc1ccc(Br)cc1. The lowest BCUT2D eigenvalue weighted by molar-refractivity contribution is 0.556. The van der Waals surface area contributed by atoms with Crippen molar-refractivity contribution >= 4 is 15.9 Å². The van der Waals surface area contributed by atoms with Gasteiger partial charge in [0.05, 0.1) is 0 Å². The van der Waals surface area contributed by atoms with Crippen LogP contribution in [-0.2, 0) is 6.42 Å². The van der Waals surface area contributed by atoms with Crippen molar-refractivity contribution in [1.29, 1.82) is 0 Å². The van der Waals surface area contributed by atoms with E-state index in [1.807, 2.05) is 0 Å². The van der Waals surface area contributed by atoms with Crippen LogP contribution in [0.15, 0.2) is 28.7 Å². The first-order valence-electron chi connectivity index (χ1n) is 5.87. The Kier molecular flexibility index (Phi) is 6.69. The van der Waals surface area contributed by atoms with Gasteiger partial charge in [-0.25, -0.2) is 0 Å². The summed E-state index contributed by atoms with van der Waals surface area (Å²) < 4.78 is 1.14. The Hall–Kier alpha value is -0.380. The van der Waals surface area contributed by atoms with Crippen LogP contribution in [0.5, 0.6) is 0 Å². The van der Waals surface area contributed by atoms with Gasteiger partial charge in [0.1, 0.15) is 0 Å². The molecule has 0 aliphatic heterocycles. The highest BCUT2D eigenvalue weighted by atomic mass is 79.9. The maximum absolute atomic E-state index is 3.44. The summed E-state index contributed by atoms with van der Waals surface area (Å²) in [5.41, 5.74) is 1.38. The third kappa shape index (κ3) is 6.26. The molecule has 0 unspecified atom stereocenters. The van der Waals surface area contributed by atoms with Gasteiger partial charge in [0.2, 0.25) is 0 Å². The lowest BCUT2D eigenvalue weighted by atomic mass is 10.1. The van der Waals surface area contributed by atoms with E-state index in [9.17, 15) is 0 Å². The number of hydrogen-bond donors (Lipinski definition) is 2. The van der Waals surface area contributed by atoms with Crippen LogP contribution in [0.3, 0.4) is 0 Å². The summed E-state index contributed by atoms with van der Waals surface area (Å²) in [6.45, 7) is 7.46. The van der Waals surface area contributed by atoms with Gasteiger partial charge in [-0.1, -0.05) is 41.9 Å². The second-order valence-corrected chi connectivity index (χ2v) is 5.15. The minimum atomic E-state index is 0.577. The summed E-state index contributed by atoms with van der Waals surface area (Å²) in [5.74, 6) is 0. The molecule has 0 fully saturated rings. The summed E-state index contributed by atoms with van der Waals surface area (Å²) in [7, 11) is 0. The molecule has 0 aliphatic carbocycles. The molecule has 2 nitrogen and oxygen atoms in total. The molecule has 16 heavy (non-hydrogen) atoms. The third-order valence-electron chi connectivity index (χ3n) is 2.36. The van der Waals surface area contributed by atoms with E-state index >= 15 is 0 Å². The smallest absolute Gasteiger partial charge is 0.0175 e. The van der Waals surface area contributed by atoms with Crippen molar-refractivity contribution < 1.29 is 0 Å². The molecule has 1 aromatic carbocycles. The van der Waals surface area contributed by atoms with Crippen molar-refractivity contribution in [2.24, 2.45) is 0 Å². The molecular weight excluding hydrogens is 264 g/mol. The maximum Gasteiger partial charge on any atom is 0.0175 e. The standard InChI is InChI=1S/C13H21BrN2/c1-11(2)16-10-9-15-8-7-12-3-5-13(14)6-4-12/h3-6,11,15-16H,7-10H2,1-2H3. The van der Waals surface area contributed by atoms with Gasteiger partial charge in [-0.05, 0) is 30.7 Å². The summed E-state index contributed by atoms with van der Waals surface area (Å²) in [6.07, 6.45) is 1.09. The molecule has 1 rings (SSSR count). The molecule has 0 heterocycles. The van der Waals surface area contributed by atoms with Crippen LogP contribution in [-0.4, -0.2) is 25.7 Å². The molecule has 0 amide bonds. The highest BCUT2D eigenvalue weighted by molar-refractivity contribution is 9.10. The van der Waals surface area contributed by atoms with E-state index in [2.05, 4.69) is 64.7 Å². The Morgan fingerprint density at radius 1 is 1.06 bits per heavy atom. The monoisotopic (exact) mass is 284 g/mol. The fourth-order valence-electron chi connectivity index (χ4n) is 1.46. The van der Waals surface area contributed by atoms with Gasteiger partial charge in [-0.15, -0.1) is 0 Å². The molecule has 0 bridgehead atoms. The van der Waals surface area contributed by atoms with Crippen LogP contribution in [0.4, 0.5) is 0 Å². The number of hydrogen-bond acceptors (Lipinski definition) is 2. The molecule has 0 saturated heterocycles. The van der Waals surface area contributed by atoms with Gasteiger partial charge in [0.25, 0.3) is 0 Å². The summed E-state index contributed by atoms with van der Waals surface area (Å²) in [4.78, 5) is 0. The van der Waals surface area contributed by atoms with Crippen molar-refractivity contribution in [1.82, 2.24) is 10.6 Å². The van der Waals surface area contributed by atoms with Crippen LogP contribution in [0.2, 0.25) is 0 Å². The molecule has 2 N–H and O–H groups in total. The van der Waals surface area contributed by atoms with Gasteiger partial charge in [0.15, 0.2) is 0 Å². The molecule has 90 valence electrons. The third-order valence-corrected chi connectivity index (χ3v) is 2.89. The largest absolute Gasteiger partial charge is 0.315 e. The normalized spacial score (nSPS) is 11.0. The fourth-order valence-corrected chi connectivity index (χ4v) is 1.72. The Bertz CT molecular complexity index is 282. The predicted octanol–water partition coefficient (Wildman–Crippen LogP) is 2.58. The molecule has 0 spiro atoms. The minimum Gasteiger partial charge on any atom is -0.315 e. The van der Waals surface area contributed by atoms with Crippen molar-refractivity contribution in [3.05, 3.63) is 34.3 Å². The number of halogens is 1. The zero-order valence-electron chi connectivity index (χ0n) is 10.1. The Labute approximate surface area is 107 Å². The minimum absolute atomic E-state index is 0.577. The summed E-state index contributed by atoms with van der Waals surface area (Å²) >= 11 is 3.44. The molecule has 1 aromatic rings.